The molecule has 0 bridgehead atoms. The number of methoxy groups -OCH3 is 1. The van der Waals surface area contributed by atoms with Crippen LogP contribution < -0.4 is 10.6 Å². The predicted octanol–water partition coefficient (Wildman–Crippen LogP) is 1.21. The highest BCUT2D eigenvalue weighted by molar-refractivity contribution is 6.22. The van der Waals surface area contributed by atoms with Crippen LogP contribution in [0.25, 0.3) is 0 Å². The van der Waals surface area contributed by atoms with Crippen LogP contribution in [-0.4, -0.2) is 62.5 Å². The third kappa shape index (κ3) is 3.79. The fourth-order valence-electron chi connectivity index (χ4n) is 3.73. The third-order valence-electron chi connectivity index (χ3n) is 5.28. The van der Waals surface area contributed by atoms with Crippen molar-refractivity contribution in [3.05, 3.63) is 47.5 Å². The molecule has 0 saturated carbocycles. The zero-order valence-corrected chi connectivity index (χ0v) is 15.5. The number of nitrogens with one attached hydrogen (secondary N) is 2. The molecular formula is C20H25N3O4. The van der Waals surface area contributed by atoms with Crippen molar-refractivity contribution < 1.29 is 19.1 Å². The van der Waals surface area contributed by atoms with Crippen LogP contribution in [0.15, 0.2) is 30.9 Å². The Labute approximate surface area is 158 Å². The SMILES string of the molecule is C=CCN1C(=O)c2ccc(C(=O)NCC3(COC)CCNCC3)cc2C1=O. The van der Waals surface area contributed by atoms with Gasteiger partial charge in [-0.05, 0) is 44.1 Å². The van der Waals surface area contributed by atoms with Crippen LogP contribution in [0.1, 0.15) is 43.9 Å². The quantitative estimate of drug-likeness (QED) is 0.556. The van der Waals surface area contributed by atoms with Crippen molar-refractivity contribution in [2.75, 3.05) is 39.9 Å². The molecule has 3 rings (SSSR count). The van der Waals surface area contributed by atoms with Gasteiger partial charge in [-0.15, -0.1) is 6.58 Å². The minimum atomic E-state index is -0.390. The Morgan fingerprint density at radius 1 is 1.30 bits per heavy atom. The molecule has 27 heavy (non-hydrogen) atoms. The van der Waals surface area contributed by atoms with E-state index in [1.165, 1.54) is 12.1 Å². The first-order valence-corrected chi connectivity index (χ1v) is 9.10. The average molecular weight is 371 g/mol. The highest BCUT2D eigenvalue weighted by atomic mass is 16.5. The number of carbonyl (C=O) groups is 3. The molecule has 0 aromatic heterocycles. The second-order valence-corrected chi connectivity index (χ2v) is 7.14. The Hall–Kier alpha value is -2.51. The molecule has 0 atom stereocenters. The summed E-state index contributed by atoms with van der Waals surface area (Å²) in [6.45, 7) is 6.61. The molecule has 1 fully saturated rings. The van der Waals surface area contributed by atoms with Gasteiger partial charge in [0.15, 0.2) is 0 Å². The van der Waals surface area contributed by atoms with E-state index < -0.39 is 5.91 Å². The van der Waals surface area contributed by atoms with Gasteiger partial charge in [-0.1, -0.05) is 6.08 Å². The molecule has 0 unspecified atom stereocenters. The number of nitrogens with zero attached hydrogens (tertiary/aromatic N) is 1. The van der Waals surface area contributed by atoms with E-state index in [0.29, 0.717) is 24.3 Å². The fourth-order valence-corrected chi connectivity index (χ4v) is 3.73. The molecule has 144 valence electrons. The van der Waals surface area contributed by atoms with Crippen molar-refractivity contribution in [2.24, 2.45) is 5.41 Å². The van der Waals surface area contributed by atoms with Crippen molar-refractivity contribution in [3.8, 4) is 0 Å². The van der Waals surface area contributed by atoms with Crippen LogP contribution in [0, 0.1) is 5.41 Å². The van der Waals surface area contributed by atoms with Gasteiger partial charge in [0.1, 0.15) is 0 Å². The van der Waals surface area contributed by atoms with E-state index in [4.69, 9.17) is 4.74 Å². The first-order chi connectivity index (χ1) is 13.0. The first-order valence-electron chi connectivity index (χ1n) is 9.10. The summed E-state index contributed by atoms with van der Waals surface area (Å²) in [6.07, 6.45) is 3.35. The predicted molar refractivity (Wildman–Crippen MR) is 101 cm³/mol. The zero-order valence-electron chi connectivity index (χ0n) is 15.5. The molecule has 7 nitrogen and oxygen atoms in total. The molecule has 3 amide bonds. The van der Waals surface area contributed by atoms with E-state index in [1.54, 1.807) is 19.2 Å². The standard InChI is InChI=1S/C20H25N3O4/c1-3-10-23-18(25)15-5-4-14(11-16(15)19(23)26)17(24)22-12-20(13-27-2)6-8-21-9-7-20/h3-5,11,21H,1,6-10,12-13H2,2H3,(H,22,24). The number of hydrogen-bond donors (Lipinski definition) is 2. The lowest BCUT2D eigenvalue weighted by molar-refractivity contribution is 0.0511. The number of rotatable bonds is 7. The number of hydrogen-bond acceptors (Lipinski definition) is 5. The maximum absolute atomic E-state index is 12.6. The first kappa shape index (κ1) is 19.3. The van der Waals surface area contributed by atoms with Crippen LogP contribution in [0.5, 0.6) is 0 Å². The normalized spacial score (nSPS) is 18.3. The van der Waals surface area contributed by atoms with Crippen LogP contribution in [0.4, 0.5) is 0 Å². The van der Waals surface area contributed by atoms with Gasteiger partial charge >= 0.3 is 0 Å². The van der Waals surface area contributed by atoms with Gasteiger partial charge < -0.3 is 15.4 Å². The number of carbonyl (C=O) groups excluding carboxylic acids is 3. The Morgan fingerprint density at radius 2 is 2.00 bits per heavy atom. The van der Waals surface area contributed by atoms with Crippen molar-refractivity contribution in [2.45, 2.75) is 12.8 Å². The molecule has 2 aliphatic heterocycles. The zero-order chi connectivity index (χ0) is 19.4. The fraction of sp³-hybridized carbons (Fsp3) is 0.450. The van der Waals surface area contributed by atoms with Gasteiger partial charge in [-0.3, -0.25) is 19.3 Å². The molecule has 2 N–H and O–H groups in total. The Bertz CT molecular complexity index is 763. The van der Waals surface area contributed by atoms with Crippen LogP contribution in [-0.2, 0) is 4.74 Å². The number of benzene rings is 1. The minimum Gasteiger partial charge on any atom is -0.384 e. The molecule has 0 radical (unpaired) electrons. The largest absolute Gasteiger partial charge is 0.384 e. The Balaban J connectivity index is 1.72. The van der Waals surface area contributed by atoms with Crippen LogP contribution in [0.3, 0.4) is 0 Å². The highest BCUT2D eigenvalue weighted by Gasteiger charge is 2.36. The smallest absolute Gasteiger partial charge is 0.261 e. The summed E-state index contributed by atoms with van der Waals surface area (Å²) in [7, 11) is 1.67. The van der Waals surface area contributed by atoms with E-state index in [9.17, 15) is 14.4 Å². The molecule has 1 aromatic rings. The highest BCUT2D eigenvalue weighted by Crippen LogP contribution is 2.29. The number of ether oxygens (including phenoxy) is 1. The summed E-state index contributed by atoms with van der Waals surface area (Å²) in [5.41, 5.74) is 0.881. The summed E-state index contributed by atoms with van der Waals surface area (Å²) >= 11 is 0. The molecular weight excluding hydrogens is 346 g/mol. The van der Waals surface area contributed by atoms with Crippen molar-refractivity contribution >= 4 is 17.7 Å². The summed E-state index contributed by atoms with van der Waals surface area (Å²) in [4.78, 5) is 38.4. The molecule has 2 aliphatic rings. The van der Waals surface area contributed by atoms with E-state index >= 15 is 0 Å². The van der Waals surface area contributed by atoms with E-state index in [1.807, 2.05) is 0 Å². The summed E-state index contributed by atoms with van der Waals surface area (Å²) in [5.74, 6) is -0.997. The second-order valence-electron chi connectivity index (χ2n) is 7.14. The van der Waals surface area contributed by atoms with Gasteiger partial charge in [-0.25, -0.2) is 0 Å². The van der Waals surface area contributed by atoms with Gasteiger partial charge in [0.2, 0.25) is 0 Å². The van der Waals surface area contributed by atoms with E-state index in [-0.39, 0.29) is 29.3 Å². The molecule has 2 heterocycles. The summed E-state index contributed by atoms with van der Waals surface area (Å²) in [5, 5.41) is 6.29. The molecule has 1 aromatic carbocycles. The van der Waals surface area contributed by atoms with Gasteiger partial charge in [0.05, 0.1) is 17.7 Å². The topological polar surface area (TPSA) is 87.7 Å². The maximum atomic E-state index is 12.6. The van der Waals surface area contributed by atoms with Gasteiger partial charge in [0.25, 0.3) is 17.7 Å². The average Bonchev–Trinajstić information content (AvgIpc) is 2.92. The summed E-state index contributed by atoms with van der Waals surface area (Å²) in [6, 6.07) is 4.63. The van der Waals surface area contributed by atoms with Gasteiger partial charge in [-0.2, -0.15) is 0 Å². The number of piperidine rings is 1. The van der Waals surface area contributed by atoms with E-state index in [0.717, 1.165) is 30.8 Å². The number of amides is 3. The molecule has 0 spiro atoms. The number of fused-ring (bicyclic) bond motifs is 1. The molecule has 7 heteroatoms. The van der Waals surface area contributed by atoms with E-state index in [2.05, 4.69) is 17.2 Å². The lowest BCUT2D eigenvalue weighted by atomic mass is 9.79. The third-order valence-corrected chi connectivity index (χ3v) is 5.28. The van der Waals surface area contributed by atoms with Crippen molar-refractivity contribution in [1.82, 2.24) is 15.5 Å². The minimum absolute atomic E-state index is 0.0844. The van der Waals surface area contributed by atoms with Crippen LogP contribution in [0.2, 0.25) is 0 Å². The second kappa shape index (κ2) is 8.02. The monoisotopic (exact) mass is 371 g/mol. The Kier molecular flexibility index (Phi) is 5.72. The lowest BCUT2D eigenvalue weighted by Gasteiger charge is -2.37. The van der Waals surface area contributed by atoms with Crippen molar-refractivity contribution in [1.29, 1.82) is 0 Å². The van der Waals surface area contributed by atoms with Gasteiger partial charge in [0, 0.05) is 31.2 Å². The lowest BCUT2D eigenvalue weighted by Crippen LogP contribution is -2.47. The Morgan fingerprint density at radius 3 is 2.67 bits per heavy atom. The molecule has 1 saturated heterocycles. The molecule has 0 aliphatic carbocycles. The maximum Gasteiger partial charge on any atom is 0.261 e. The van der Waals surface area contributed by atoms with Crippen molar-refractivity contribution in [3.63, 3.8) is 0 Å². The summed E-state index contributed by atoms with van der Waals surface area (Å²) < 4.78 is 5.37. The van der Waals surface area contributed by atoms with Crippen LogP contribution >= 0.6 is 0 Å². The number of imide groups is 1.